The van der Waals surface area contributed by atoms with E-state index in [9.17, 15) is 4.79 Å². The topological polar surface area (TPSA) is 51.7 Å². The zero-order chi connectivity index (χ0) is 17.6. The van der Waals surface area contributed by atoms with E-state index in [1.54, 1.807) is 18.2 Å². The lowest BCUT2D eigenvalue weighted by Gasteiger charge is -2.31. The van der Waals surface area contributed by atoms with E-state index in [4.69, 9.17) is 9.47 Å². The largest absolute Gasteiger partial charge is 0.496 e. The van der Waals surface area contributed by atoms with Gasteiger partial charge in [0.15, 0.2) is 0 Å². The van der Waals surface area contributed by atoms with Gasteiger partial charge in [-0.3, -0.25) is 9.78 Å². The van der Waals surface area contributed by atoms with Gasteiger partial charge in [0, 0.05) is 43.8 Å². The Morgan fingerprint density at radius 3 is 2.76 bits per heavy atom. The Bertz CT molecular complexity index is 752. The molecule has 1 amide bonds. The van der Waals surface area contributed by atoms with Crippen LogP contribution in [0.2, 0.25) is 0 Å². The number of methoxy groups -OCH3 is 1. The van der Waals surface area contributed by atoms with Crippen molar-refractivity contribution in [3.63, 3.8) is 0 Å². The average molecular weight is 338 g/mol. The minimum absolute atomic E-state index is 0.0131. The molecule has 1 aromatic carbocycles. The summed E-state index contributed by atoms with van der Waals surface area (Å²) in [6.45, 7) is 4.92. The minimum Gasteiger partial charge on any atom is -0.496 e. The Morgan fingerprint density at radius 1 is 1.28 bits per heavy atom. The van der Waals surface area contributed by atoms with Crippen molar-refractivity contribution in [2.24, 2.45) is 0 Å². The summed E-state index contributed by atoms with van der Waals surface area (Å²) in [5.74, 6) is 1.55. The first kappa shape index (κ1) is 17.0. The van der Waals surface area contributed by atoms with Crippen LogP contribution in [0.3, 0.4) is 0 Å². The van der Waals surface area contributed by atoms with Crippen LogP contribution in [0.15, 0.2) is 55.3 Å². The standard InChI is InChI=1S/C20H22N2O3/c1-3-20(23)22-12-9-15(10-13-22)25-16-8-11-21-18(14-16)17-6-4-5-7-19(17)24-2/h3-8,11,14-15H,1,9-10,12-13H2,2H3. The van der Waals surface area contributed by atoms with Crippen molar-refractivity contribution in [3.05, 3.63) is 55.3 Å². The first-order chi connectivity index (χ1) is 12.2. The molecule has 0 unspecified atom stereocenters. The van der Waals surface area contributed by atoms with Gasteiger partial charge in [0.2, 0.25) is 5.91 Å². The number of pyridine rings is 1. The average Bonchev–Trinajstić information content (AvgIpc) is 2.68. The van der Waals surface area contributed by atoms with E-state index in [0.717, 1.165) is 35.6 Å². The van der Waals surface area contributed by atoms with Crippen molar-refractivity contribution in [2.75, 3.05) is 20.2 Å². The van der Waals surface area contributed by atoms with Crippen LogP contribution in [0.1, 0.15) is 12.8 Å². The maximum Gasteiger partial charge on any atom is 0.245 e. The van der Waals surface area contributed by atoms with Crippen molar-refractivity contribution in [1.29, 1.82) is 0 Å². The molecular formula is C20H22N2O3. The van der Waals surface area contributed by atoms with E-state index >= 15 is 0 Å². The van der Waals surface area contributed by atoms with Gasteiger partial charge in [-0.1, -0.05) is 18.7 Å². The smallest absolute Gasteiger partial charge is 0.245 e. The number of amides is 1. The number of benzene rings is 1. The zero-order valence-electron chi connectivity index (χ0n) is 14.4. The molecule has 2 aromatic rings. The third-order valence-electron chi connectivity index (χ3n) is 4.35. The molecule has 0 aliphatic carbocycles. The van der Waals surface area contributed by atoms with Gasteiger partial charge >= 0.3 is 0 Å². The molecule has 1 fully saturated rings. The van der Waals surface area contributed by atoms with Crippen LogP contribution in [0.5, 0.6) is 11.5 Å². The maximum absolute atomic E-state index is 11.6. The molecule has 1 saturated heterocycles. The van der Waals surface area contributed by atoms with Gasteiger partial charge < -0.3 is 14.4 Å². The second-order valence-corrected chi connectivity index (χ2v) is 5.92. The van der Waals surface area contributed by atoms with E-state index in [2.05, 4.69) is 11.6 Å². The van der Waals surface area contributed by atoms with Gasteiger partial charge in [-0.15, -0.1) is 0 Å². The van der Waals surface area contributed by atoms with E-state index in [-0.39, 0.29) is 12.0 Å². The van der Waals surface area contributed by atoms with Gasteiger partial charge in [0.25, 0.3) is 0 Å². The van der Waals surface area contributed by atoms with Crippen molar-refractivity contribution in [3.8, 4) is 22.8 Å². The highest BCUT2D eigenvalue weighted by Gasteiger charge is 2.22. The van der Waals surface area contributed by atoms with Crippen LogP contribution < -0.4 is 9.47 Å². The Hall–Kier alpha value is -2.82. The lowest BCUT2D eigenvalue weighted by atomic mass is 10.1. The van der Waals surface area contributed by atoms with Crippen LogP contribution in [0.4, 0.5) is 0 Å². The molecule has 0 N–H and O–H groups in total. The highest BCUT2D eigenvalue weighted by Crippen LogP contribution is 2.30. The molecule has 0 saturated carbocycles. The van der Waals surface area contributed by atoms with Crippen molar-refractivity contribution >= 4 is 5.91 Å². The highest BCUT2D eigenvalue weighted by atomic mass is 16.5. The van der Waals surface area contributed by atoms with Gasteiger partial charge in [-0.25, -0.2) is 0 Å². The summed E-state index contributed by atoms with van der Waals surface area (Å²) >= 11 is 0. The Labute approximate surface area is 147 Å². The van der Waals surface area contributed by atoms with E-state index in [0.29, 0.717) is 13.1 Å². The molecule has 0 radical (unpaired) electrons. The fourth-order valence-electron chi connectivity index (χ4n) is 3.00. The van der Waals surface area contributed by atoms with Gasteiger partial charge in [-0.05, 0) is 24.3 Å². The van der Waals surface area contributed by atoms with E-state index in [1.807, 2.05) is 36.4 Å². The monoisotopic (exact) mass is 338 g/mol. The molecule has 0 bridgehead atoms. The summed E-state index contributed by atoms with van der Waals surface area (Å²) in [5.41, 5.74) is 1.75. The molecular weight excluding hydrogens is 316 g/mol. The summed E-state index contributed by atoms with van der Waals surface area (Å²) < 4.78 is 11.5. The SMILES string of the molecule is C=CC(=O)N1CCC(Oc2ccnc(-c3ccccc3OC)c2)CC1. The van der Waals surface area contributed by atoms with Crippen LogP contribution in [-0.4, -0.2) is 42.1 Å². The molecule has 1 aliphatic rings. The lowest BCUT2D eigenvalue weighted by molar-refractivity contribution is -0.127. The maximum atomic E-state index is 11.6. The fourth-order valence-corrected chi connectivity index (χ4v) is 3.00. The Kier molecular flexibility index (Phi) is 5.33. The molecule has 1 aromatic heterocycles. The number of piperidine rings is 1. The Morgan fingerprint density at radius 2 is 2.04 bits per heavy atom. The number of likely N-dealkylation sites (tertiary alicyclic amines) is 1. The first-order valence-corrected chi connectivity index (χ1v) is 8.38. The number of carbonyl (C=O) groups is 1. The van der Waals surface area contributed by atoms with Crippen LogP contribution in [0.25, 0.3) is 11.3 Å². The van der Waals surface area contributed by atoms with Crippen molar-refractivity contribution in [2.45, 2.75) is 18.9 Å². The van der Waals surface area contributed by atoms with E-state index in [1.165, 1.54) is 6.08 Å². The number of ether oxygens (including phenoxy) is 2. The molecule has 1 aliphatic heterocycles. The lowest BCUT2D eigenvalue weighted by Crippen LogP contribution is -2.41. The second kappa shape index (κ2) is 7.83. The zero-order valence-corrected chi connectivity index (χ0v) is 14.4. The number of hydrogen-bond donors (Lipinski definition) is 0. The number of rotatable bonds is 5. The predicted octanol–water partition coefficient (Wildman–Crippen LogP) is 3.31. The molecule has 5 nitrogen and oxygen atoms in total. The van der Waals surface area contributed by atoms with Crippen LogP contribution >= 0.6 is 0 Å². The first-order valence-electron chi connectivity index (χ1n) is 8.38. The third-order valence-corrected chi connectivity index (χ3v) is 4.35. The third kappa shape index (κ3) is 3.99. The summed E-state index contributed by atoms with van der Waals surface area (Å²) in [6, 6.07) is 11.6. The number of carbonyl (C=O) groups excluding carboxylic acids is 1. The van der Waals surface area contributed by atoms with E-state index < -0.39 is 0 Å². The molecule has 0 atom stereocenters. The Balaban J connectivity index is 1.69. The van der Waals surface area contributed by atoms with Crippen LogP contribution in [0, 0.1) is 0 Å². The number of aromatic nitrogens is 1. The fraction of sp³-hybridized carbons (Fsp3) is 0.300. The molecule has 2 heterocycles. The normalized spacial score (nSPS) is 14.8. The van der Waals surface area contributed by atoms with Crippen molar-refractivity contribution < 1.29 is 14.3 Å². The van der Waals surface area contributed by atoms with Gasteiger partial charge in [0.1, 0.15) is 17.6 Å². The quantitative estimate of drug-likeness (QED) is 0.785. The summed E-state index contributed by atoms with van der Waals surface area (Å²) in [7, 11) is 1.65. The van der Waals surface area contributed by atoms with Crippen LogP contribution in [-0.2, 0) is 4.79 Å². The molecule has 130 valence electrons. The van der Waals surface area contributed by atoms with Gasteiger partial charge in [-0.2, -0.15) is 0 Å². The highest BCUT2D eigenvalue weighted by molar-refractivity contribution is 5.87. The molecule has 5 heteroatoms. The summed E-state index contributed by atoms with van der Waals surface area (Å²) in [6.07, 6.45) is 4.83. The predicted molar refractivity (Wildman–Crippen MR) is 96.7 cm³/mol. The number of hydrogen-bond acceptors (Lipinski definition) is 4. The summed E-state index contributed by atoms with van der Waals surface area (Å²) in [5, 5.41) is 0. The van der Waals surface area contributed by atoms with Crippen molar-refractivity contribution in [1.82, 2.24) is 9.88 Å². The second-order valence-electron chi connectivity index (χ2n) is 5.92. The van der Waals surface area contributed by atoms with Gasteiger partial charge in [0.05, 0.1) is 12.8 Å². The summed E-state index contributed by atoms with van der Waals surface area (Å²) in [4.78, 5) is 17.9. The molecule has 0 spiro atoms. The minimum atomic E-state index is -0.0131. The molecule has 25 heavy (non-hydrogen) atoms. The number of nitrogens with zero attached hydrogens (tertiary/aromatic N) is 2. The molecule has 3 rings (SSSR count). The number of para-hydroxylation sites is 1.